The summed E-state index contributed by atoms with van der Waals surface area (Å²) in [5, 5.41) is 2.27. The SMILES string of the molecule is [B]c1cc([B])c2c(c1OCc1ccc(CN3CCOCC3)cc1)C([B])N(C1CCC(=O)NC1=O)C2=O. The van der Waals surface area contributed by atoms with Crippen LogP contribution in [0.3, 0.4) is 0 Å². The maximum atomic E-state index is 13.3. The van der Waals surface area contributed by atoms with Gasteiger partial charge in [0.15, 0.2) is 0 Å². The molecule has 2 fully saturated rings. The second-order valence-corrected chi connectivity index (χ2v) is 9.29. The number of ether oxygens (including phenoxy) is 2. The molecule has 178 valence electrons. The molecule has 6 radical (unpaired) electrons. The molecule has 2 aromatic rings. The molecule has 3 heterocycles. The van der Waals surface area contributed by atoms with E-state index in [1.807, 2.05) is 12.1 Å². The highest BCUT2D eigenvalue weighted by Gasteiger charge is 2.45. The Kier molecular flexibility index (Phi) is 6.95. The molecule has 3 aliphatic heterocycles. The second-order valence-electron chi connectivity index (χ2n) is 9.29. The van der Waals surface area contributed by atoms with E-state index < -0.39 is 23.8 Å². The van der Waals surface area contributed by atoms with Gasteiger partial charge in [0.25, 0.3) is 5.91 Å². The van der Waals surface area contributed by atoms with Crippen LogP contribution in [0.2, 0.25) is 0 Å². The summed E-state index contributed by atoms with van der Waals surface area (Å²) in [6.45, 7) is 4.41. The van der Waals surface area contributed by atoms with Crippen LogP contribution in [0.25, 0.3) is 0 Å². The number of carbonyl (C=O) groups is 3. The largest absolute Gasteiger partial charge is 0.489 e. The number of carbonyl (C=O) groups excluding carboxylic acids is 3. The number of fused-ring (bicyclic) bond motifs is 1. The van der Waals surface area contributed by atoms with Crippen molar-refractivity contribution < 1.29 is 23.9 Å². The molecular weight excluding hydrogens is 455 g/mol. The Morgan fingerprint density at radius 2 is 1.72 bits per heavy atom. The van der Waals surface area contributed by atoms with Crippen molar-refractivity contribution in [2.24, 2.45) is 0 Å². The van der Waals surface area contributed by atoms with E-state index in [1.165, 1.54) is 16.5 Å². The minimum Gasteiger partial charge on any atom is -0.489 e. The summed E-state index contributed by atoms with van der Waals surface area (Å²) in [7, 11) is 18.8. The van der Waals surface area contributed by atoms with Gasteiger partial charge >= 0.3 is 0 Å². The zero-order valence-electron chi connectivity index (χ0n) is 19.9. The number of hydrogen-bond donors (Lipinski definition) is 1. The molecule has 5 rings (SSSR count). The lowest BCUT2D eigenvalue weighted by atomic mass is 9.77. The minimum atomic E-state index is -0.992. The average Bonchev–Trinajstić information content (AvgIpc) is 3.11. The van der Waals surface area contributed by atoms with Crippen LogP contribution in [-0.2, 0) is 27.5 Å². The predicted octanol–water partition coefficient (Wildman–Crippen LogP) is -0.886. The Hall–Kier alpha value is -3.04. The molecule has 0 saturated carbocycles. The lowest BCUT2D eigenvalue weighted by molar-refractivity contribution is -0.137. The van der Waals surface area contributed by atoms with Crippen LogP contribution in [0.15, 0.2) is 30.3 Å². The number of nitrogens with one attached hydrogen (secondary N) is 1. The molecule has 3 amide bonds. The standard InChI is InChI=1S/C25H24B3N3O5/c26-16-11-17(27)22(36-13-15-3-1-14(2-4-15)12-30-7-9-35-10-8-30)21-20(16)25(34)31(23(21)28)18-5-6-19(32)29-24(18)33/h1-4,11,18,23H,5-10,12-13H2,(H,29,32,33). The van der Waals surface area contributed by atoms with Gasteiger partial charge in [-0.3, -0.25) is 24.6 Å². The van der Waals surface area contributed by atoms with E-state index in [0.29, 0.717) is 5.56 Å². The van der Waals surface area contributed by atoms with E-state index in [-0.39, 0.29) is 47.6 Å². The van der Waals surface area contributed by atoms with Crippen molar-refractivity contribution in [2.75, 3.05) is 26.3 Å². The smallest absolute Gasteiger partial charge is 0.254 e. The number of hydrogen-bond acceptors (Lipinski definition) is 6. The predicted molar refractivity (Wildman–Crippen MR) is 135 cm³/mol. The van der Waals surface area contributed by atoms with Gasteiger partial charge in [0.05, 0.1) is 13.2 Å². The molecule has 0 bridgehead atoms. The molecule has 1 N–H and O–H groups in total. The number of nitrogens with zero attached hydrogens (tertiary/aromatic N) is 2. The molecule has 2 saturated heterocycles. The number of benzene rings is 2. The summed E-state index contributed by atoms with van der Waals surface area (Å²) < 4.78 is 11.5. The Labute approximate surface area is 213 Å². The van der Waals surface area contributed by atoms with Gasteiger partial charge in [0.1, 0.15) is 41.9 Å². The third kappa shape index (κ3) is 4.69. The molecule has 2 atom stereocenters. The second kappa shape index (κ2) is 10.1. The van der Waals surface area contributed by atoms with Gasteiger partial charge in [-0.1, -0.05) is 41.3 Å². The first-order valence-corrected chi connectivity index (χ1v) is 12.0. The Balaban J connectivity index is 1.34. The Morgan fingerprint density at radius 3 is 2.42 bits per heavy atom. The van der Waals surface area contributed by atoms with Crippen LogP contribution >= 0.6 is 0 Å². The first-order valence-electron chi connectivity index (χ1n) is 12.0. The number of rotatable bonds is 6. The summed E-state index contributed by atoms with van der Waals surface area (Å²) in [6.07, 6.45) is 0.298. The van der Waals surface area contributed by atoms with Crippen molar-refractivity contribution in [1.82, 2.24) is 15.1 Å². The lowest BCUT2D eigenvalue weighted by Gasteiger charge is -2.33. The molecule has 3 aliphatic rings. The average molecular weight is 479 g/mol. The topological polar surface area (TPSA) is 88.2 Å². The highest BCUT2D eigenvalue weighted by Crippen LogP contribution is 2.38. The number of piperidine rings is 1. The normalized spacial score (nSPS) is 22.4. The highest BCUT2D eigenvalue weighted by atomic mass is 16.5. The van der Waals surface area contributed by atoms with E-state index in [9.17, 15) is 14.4 Å². The number of imide groups is 1. The number of morpholine rings is 1. The molecule has 0 aliphatic carbocycles. The summed E-state index contributed by atoms with van der Waals surface area (Å²) >= 11 is 0. The van der Waals surface area contributed by atoms with Crippen molar-refractivity contribution in [3.63, 3.8) is 0 Å². The number of amides is 3. The molecule has 11 heteroatoms. The van der Waals surface area contributed by atoms with Gasteiger partial charge < -0.3 is 14.4 Å². The maximum Gasteiger partial charge on any atom is 0.254 e. The van der Waals surface area contributed by atoms with E-state index in [1.54, 1.807) is 0 Å². The fourth-order valence-electron chi connectivity index (χ4n) is 5.00. The lowest BCUT2D eigenvalue weighted by Crippen LogP contribution is -2.53. The van der Waals surface area contributed by atoms with Crippen molar-refractivity contribution in [1.29, 1.82) is 0 Å². The minimum absolute atomic E-state index is 0.117. The Bertz CT molecular complexity index is 1200. The zero-order chi connectivity index (χ0) is 25.4. The zero-order valence-corrected chi connectivity index (χ0v) is 19.9. The van der Waals surface area contributed by atoms with Gasteiger partial charge in [-0.15, -0.1) is 0 Å². The van der Waals surface area contributed by atoms with Gasteiger partial charge in [0.2, 0.25) is 11.8 Å². The maximum absolute atomic E-state index is 13.3. The van der Waals surface area contributed by atoms with Crippen LogP contribution in [0, 0.1) is 0 Å². The highest BCUT2D eigenvalue weighted by molar-refractivity contribution is 6.43. The summed E-state index contributed by atoms with van der Waals surface area (Å²) in [5.74, 6) is -2.14. The van der Waals surface area contributed by atoms with Crippen LogP contribution in [-0.4, -0.2) is 83.4 Å². The fraction of sp³-hybridized carbons (Fsp3) is 0.400. The molecule has 2 aromatic carbocycles. The van der Waals surface area contributed by atoms with E-state index in [0.717, 1.165) is 38.4 Å². The van der Waals surface area contributed by atoms with Gasteiger partial charge in [-0.25, -0.2) is 0 Å². The molecule has 0 spiro atoms. The third-order valence-corrected chi connectivity index (χ3v) is 6.88. The van der Waals surface area contributed by atoms with Crippen LogP contribution < -0.4 is 21.0 Å². The molecule has 36 heavy (non-hydrogen) atoms. The van der Waals surface area contributed by atoms with Crippen molar-refractivity contribution in [2.45, 2.75) is 38.0 Å². The monoisotopic (exact) mass is 479 g/mol. The van der Waals surface area contributed by atoms with E-state index in [4.69, 9.17) is 33.0 Å². The molecule has 8 nitrogen and oxygen atoms in total. The van der Waals surface area contributed by atoms with Gasteiger partial charge in [-0.2, -0.15) is 0 Å². The first kappa shape index (κ1) is 24.7. The fourth-order valence-corrected chi connectivity index (χ4v) is 5.00. The van der Waals surface area contributed by atoms with Crippen molar-refractivity contribution in [3.05, 3.63) is 52.6 Å². The van der Waals surface area contributed by atoms with Crippen LogP contribution in [0.1, 0.15) is 45.8 Å². The Morgan fingerprint density at radius 1 is 1.03 bits per heavy atom. The van der Waals surface area contributed by atoms with Crippen molar-refractivity contribution in [3.8, 4) is 5.75 Å². The van der Waals surface area contributed by atoms with E-state index in [2.05, 4.69) is 22.3 Å². The summed E-state index contributed by atoms with van der Waals surface area (Å²) in [6, 6.07) is 8.69. The quantitative estimate of drug-likeness (QED) is 0.428. The van der Waals surface area contributed by atoms with Gasteiger partial charge in [0, 0.05) is 43.1 Å². The van der Waals surface area contributed by atoms with Crippen LogP contribution in [0.5, 0.6) is 5.75 Å². The molecular formula is C25H24B3N3O5. The van der Waals surface area contributed by atoms with Crippen LogP contribution in [0.4, 0.5) is 0 Å². The first-order chi connectivity index (χ1) is 17.3. The van der Waals surface area contributed by atoms with E-state index >= 15 is 0 Å². The third-order valence-electron chi connectivity index (χ3n) is 6.88. The molecule has 2 unspecified atom stereocenters. The summed E-state index contributed by atoms with van der Waals surface area (Å²) in [4.78, 5) is 40.9. The van der Waals surface area contributed by atoms with Gasteiger partial charge in [-0.05, 0) is 17.5 Å². The summed E-state index contributed by atoms with van der Waals surface area (Å²) in [5.41, 5.74) is 3.07. The van der Waals surface area contributed by atoms with Crippen molar-refractivity contribution >= 4 is 52.2 Å². The molecule has 0 aromatic heterocycles.